The fourth-order valence-electron chi connectivity index (χ4n) is 3.17. The maximum Gasteiger partial charge on any atom is 0.494 e. The Morgan fingerprint density at radius 1 is 1.08 bits per heavy atom. The summed E-state index contributed by atoms with van der Waals surface area (Å²) >= 11 is 0. The Bertz CT molecular complexity index is 818. The fourth-order valence-corrected chi connectivity index (χ4v) is 3.17. The highest BCUT2D eigenvalue weighted by Crippen LogP contribution is 2.39. The smallest absolute Gasteiger partial charge is 0.399 e. The number of aromatic nitrogens is 2. The van der Waals surface area contributed by atoms with Crippen molar-refractivity contribution in [3.63, 3.8) is 0 Å². The van der Waals surface area contributed by atoms with E-state index >= 15 is 0 Å². The standard InChI is InChI=1S/C20H26BN3O2/c1-13-10-15(21-25-19(2,3)20(4,5)26-21)12-16(11-13)23-18-22-9-8-17(24-18)14-6-7-14/h8-12,14H,6-7H2,1-5H3,(H,22,23,24). The van der Waals surface area contributed by atoms with Crippen molar-refractivity contribution >= 4 is 24.2 Å². The predicted octanol–water partition coefficient (Wildman–Crippen LogP) is 3.71. The third-order valence-corrected chi connectivity index (χ3v) is 5.55. The Balaban J connectivity index is 1.58. The molecule has 0 atom stereocenters. The molecule has 5 nitrogen and oxygen atoms in total. The van der Waals surface area contributed by atoms with Gasteiger partial charge in [0.05, 0.1) is 11.2 Å². The summed E-state index contributed by atoms with van der Waals surface area (Å²) in [5.41, 5.74) is 3.51. The van der Waals surface area contributed by atoms with Crippen LogP contribution in [-0.2, 0) is 9.31 Å². The van der Waals surface area contributed by atoms with Crippen LogP contribution in [0.3, 0.4) is 0 Å². The molecule has 0 amide bonds. The summed E-state index contributed by atoms with van der Waals surface area (Å²) in [5.74, 6) is 1.25. The van der Waals surface area contributed by atoms with Gasteiger partial charge in [-0.2, -0.15) is 0 Å². The largest absolute Gasteiger partial charge is 0.494 e. The first-order valence-corrected chi connectivity index (χ1v) is 9.31. The van der Waals surface area contributed by atoms with Crippen molar-refractivity contribution in [1.29, 1.82) is 0 Å². The van der Waals surface area contributed by atoms with Crippen molar-refractivity contribution in [2.45, 2.75) is 64.6 Å². The molecule has 1 N–H and O–H groups in total. The molecule has 1 aliphatic heterocycles. The van der Waals surface area contributed by atoms with E-state index in [4.69, 9.17) is 9.31 Å². The number of hydrogen-bond donors (Lipinski definition) is 1. The van der Waals surface area contributed by atoms with E-state index in [1.165, 1.54) is 12.8 Å². The number of hydrogen-bond acceptors (Lipinski definition) is 5. The normalized spacial score (nSPS) is 21.0. The number of nitrogens with zero attached hydrogens (tertiary/aromatic N) is 2. The molecule has 1 aromatic heterocycles. The minimum Gasteiger partial charge on any atom is -0.399 e. The van der Waals surface area contributed by atoms with Crippen LogP contribution in [0.2, 0.25) is 0 Å². The monoisotopic (exact) mass is 351 g/mol. The number of anilines is 2. The predicted molar refractivity (Wildman–Crippen MR) is 104 cm³/mol. The second kappa shape index (κ2) is 6.07. The van der Waals surface area contributed by atoms with Crippen molar-refractivity contribution in [2.75, 3.05) is 5.32 Å². The zero-order chi connectivity index (χ0) is 18.5. The van der Waals surface area contributed by atoms with Crippen LogP contribution >= 0.6 is 0 Å². The van der Waals surface area contributed by atoms with Crippen LogP contribution in [0.1, 0.15) is 57.7 Å². The van der Waals surface area contributed by atoms with Crippen molar-refractivity contribution in [3.8, 4) is 0 Å². The quantitative estimate of drug-likeness (QED) is 0.851. The molecule has 1 aromatic carbocycles. The first-order chi connectivity index (χ1) is 12.2. The summed E-state index contributed by atoms with van der Waals surface area (Å²) in [4.78, 5) is 9.01. The maximum absolute atomic E-state index is 6.19. The van der Waals surface area contributed by atoms with Crippen LogP contribution < -0.4 is 10.8 Å². The average molecular weight is 351 g/mol. The van der Waals surface area contributed by atoms with Gasteiger partial charge in [0.2, 0.25) is 5.95 Å². The Labute approximate surface area is 155 Å². The average Bonchev–Trinajstić information content (AvgIpc) is 3.35. The topological polar surface area (TPSA) is 56.3 Å². The Hall–Kier alpha value is -1.92. The van der Waals surface area contributed by atoms with Crippen LogP contribution in [0.15, 0.2) is 30.5 Å². The lowest BCUT2D eigenvalue weighted by Gasteiger charge is -2.32. The van der Waals surface area contributed by atoms with Gasteiger partial charge in [-0.05, 0) is 76.7 Å². The first kappa shape index (κ1) is 17.5. The lowest BCUT2D eigenvalue weighted by Crippen LogP contribution is -2.41. The molecule has 0 spiro atoms. The molecule has 1 saturated carbocycles. The molecule has 2 aromatic rings. The highest BCUT2D eigenvalue weighted by Gasteiger charge is 2.51. The Morgan fingerprint density at radius 2 is 1.77 bits per heavy atom. The highest BCUT2D eigenvalue weighted by atomic mass is 16.7. The number of nitrogens with one attached hydrogen (secondary N) is 1. The molecular weight excluding hydrogens is 325 g/mol. The summed E-state index contributed by atoms with van der Waals surface area (Å²) in [6.07, 6.45) is 4.29. The third-order valence-electron chi connectivity index (χ3n) is 5.55. The molecule has 6 heteroatoms. The lowest BCUT2D eigenvalue weighted by atomic mass is 9.78. The molecule has 2 aliphatic rings. The molecule has 4 rings (SSSR count). The summed E-state index contributed by atoms with van der Waals surface area (Å²) in [7, 11) is -0.376. The van der Waals surface area contributed by atoms with Crippen molar-refractivity contribution in [3.05, 3.63) is 41.7 Å². The second-order valence-corrected chi connectivity index (χ2v) is 8.43. The van der Waals surface area contributed by atoms with E-state index in [1.807, 2.05) is 12.3 Å². The van der Waals surface area contributed by atoms with E-state index in [0.717, 1.165) is 22.4 Å². The molecule has 1 saturated heterocycles. The van der Waals surface area contributed by atoms with Gasteiger partial charge < -0.3 is 14.6 Å². The number of rotatable bonds is 4. The summed E-state index contributed by atoms with van der Waals surface area (Å²) < 4.78 is 12.4. The maximum atomic E-state index is 6.19. The van der Waals surface area contributed by atoms with E-state index in [0.29, 0.717) is 11.9 Å². The SMILES string of the molecule is Cc1cc(Nc2nccc(C3CC3)n2)cc(B2OC(C)(C)C(C)(C)O2)c1. The molecule has 1 aliphatic carbocycles. The van der Waals surface area contributed by atoms with Gasteiger partial charge in [-0.15, -0.1) is 0 Å². The van der Waals surface area contributed by atoms with Gasteiger partial charge in [0.25, 0.3) is 0 Å². The summed E-state index contributed by atoms with van der Waals surface area (Å²) in [5, 5.41) is 3.34. The summed E-state index contributed by atoms with van der Waals surface area (Å²) in [6, 6.07) is 8.26. The fraction of sp³-hybridized carbons (Fsp3) is 0.500. The van der Waals surface area contributed by atoms with Crippen LogP contribution in [0, 0.1) is 6.92 Å². The van der Waals surface area contributed by atoms with Gasteiger partial charge in [-0.3, -0.25) is 0 Å². The van der Waals surface area contributed by atoms with Gasteiger partial charge in [-0.25, -0.2) is 9.97 Å². The van der Waals surface area contributed by atoms with E-state index < -0.39 is 0 Å². The van der Waals surface area contributed by atoms with Gasteiger partial charge in [0.15, 0.2) is 0 Å². The zero-order valence-corrected chi connectivity index (χ0v) is 16.2. The van der Waals surface area contributed by atoms with Crippen molar-refractivity contribution < 1.29 is 9.31 Å². The van der Waals surface area contributed by atoms with Crippen molar-refractivity contribution in [1.82, 2.24) is 9.97 Å². The zero-order valence-electron chi connectivity index (χ0n) is 16.2. The summed E-state index contributed by atoms with van der Waals surface area (Å²) in [6.45, 7) is 10.3. The molecule has 26 heavy (non-hydrogen) atoms. The van der Waals surface area contributed by atoms with E-state index in [9.17, 15) is 0 Å². The van der Waals surface area contributed by atoms with Gasteiger partial charge in [0, 0.05) is 23.5 Å². The molecule has 0 unspecified atom stereocenters. The van der Waals surface area contributed by atoms with E-state index in [1.54, 1.807) is 0 Å². The van der Waals surface area contributed by atoms with Crippen LogP contribution in [0.5, 0.6) is 0 Å². The Kier molecular flexibility index (Phi) is 4.08. The van der Waals surface area contributed by atoms with Gasteiger partial charge in [-0.1, -0.05) is 6.07 Å². The van der Waals surface area contributed by atoms with Gasteiger partial charge in [0.1, 0.15) is 0 Å². The molecule has 2 heterocycles. The highest BCUT2D eigenvalue weighted by molar-refractivity contribution is 6.62. The molecule has 0 radical (unpaired) electrons. The van der Waals surface area contributed by atoms with Crippen LogP contribution in [0.4, 0.5) is 11.6 Å². The minimum atomic E-state index is -0.376. The molecule has 0 bridgehead atoms. The number of aryl methyl sites for hydroxylation is 1. The van der Waals surface area contributed by atoms with Crippen molar-refractivity contribution in [2.24, 2.45) is 0 Å². The third kappa shape index (κ3) is 3.36. The minimum absolute atomic E-state index is 0.350. The van der Waals surface area contributed by atoms with Crippen LogP contribution in [0.25, 0.3) is 0 Å². The number of benzene rings is 1. The van der Waals surface area contributed by atoms with Gasteiger partial charge >= 0.3 is 7.12 Å². The van der Waals surface area contributed by atoms with E-state index in [-0.39, 0.29) is 18.3 Å². The lowest BCUT2D eigenvalue weighted by molar-refractivity contribution is 0.00578. The second-order valence-electron chi connectivity index (χ2n) is 8.43. The molecule has 136 valence electrons. The van der Waals surface area contributed by atoms with Crippen LogP contribution in [-0.4, -0.2) is 28.3 Å². The van der Waals surface area contributed by atoms with E-state index in [2.05, 4.69) is 68.1 Å². The Morgan fingerprint density at radius 3 is 2.42 bits per heavy atom. The first-order valence-electron chi connectivity index (χ1n) is 9.31. The molecular formula is C20H26BN3O2. The molecule has 2 fully saturated rings.